The quantitative estimate of drug-likeness (QED) is 0.376. The monoisotopic (exact) mass is 593 g/mol. The Hall–Kier alpha value is -4.14. The molecule has 40 heavy (non-hydrogen) atoms. The summed E-state index contributed by atoms with van der Waals surface area (Å²) in [7, 11) is 2.90. The van der Waals surface area contributed by atoms with Crippen LogP contribution in [0.5, 0.6) is 17.2 Å². The van der Waals surface area contributed by atoms with Gasteiger partial charge >= 0.3 is 6.18 Å². The number of hydrogen-bond acceptors (Lipinski definition) is 6. The van der Waals surface area contributed by atoms with Gasteiger partial charge in [-0.15, -0.1) is 0 Å². The Kier molecular flexibility index (Phi) is 8.32. The summed E-state index contributed by atoms with van der Waals surface area (Å²) in [5, 5.41) is 11.6. The van der Waals surface area contributed by atoms with Gasteiger partial charge in [0.15, 0.2) is 6.61 Å². The van der Waals surface area contributed by atoms with E-state index in [1.54, 1.807) is 18.2 Å². The van der Waals surface area contributed by atoms with Crippen molar-refractivity contribution in [2.75, 3.05) is 26.1 Å². The number of fused-ring (bicyclic) bond motifs is 1. The van der Waals surface area contributed by atoms with Crippen LogP contribution in [0.4, 0.5) is 18.9 Å². The molecule has 2 amide bonds. The van der Waals surface area contributed by atoms with Crippen LogP contribution in [0, 0.1) is 11.3 Å². The molecule has 0 saturated heterocycles. The first-order chi connectivity index (χ1) is 19.0. The summed E-state index contributed by atoms with van der Waals surface area (Å²) in [6.07, 6.45) is -4.84. The van der Waals surface area contributed by atoms with Crippen LogP contribution in [-0.4, -0.2) is 37.5 Å². The molecule has 1 heterocycles. The molecule has 0 radical (unpaired) electrons. The van der Waals surface area contributed by atoms with Gasteiger partial charge in [-0.05, 0) is 36.4 Å². The van der Waals surface area contributed by atoms with Gasteiger partial charge in [0, 0.05) is 22.9 Å². The van der Waals surface area contributed by atoms with Crippen molar-refractivity contribution in [3.8, 4) is 23.3 Å². The normalized spacial score (nSPS) is 14.9. The van der Waals surface area contributed by atoms with E-state index in [0.717, 1.165) is 12.1 Å². The van der Waals surface area contributed by atoms with Gasteiger partial charge in [-0.1, -0.05) is 29.3 Å². The van der Waals surface area contributed by atoms with Crippen LogP contribution < -0.4 is 19.5 Å². The molecule has 0 fully saturated rings. The first-order valence-electron chi connectivity index (χ1n) is 11.5. The standard InChI is InChI=1S/C27H20Cl2F3N3O5/c1-38-17-6-4-15(21(10-17)39-2)12-35-22(36)13-40-25-18(7-8-20(28)23(25)29)24(35)26(37)34-16-5-3-14(11-33)19(9-16)27(30,31)32/h3-10,24H,12-13H2,1-2H3,(H,34,37). The fourth-order valence-electron chi connectivity index (χ4n) is 4.23. The molecular weight excluding hydrogens is 574 g/mol. The van der Waals surface area contributed by atoms with E-state index in [9.17, 15) is 22.8 Å². The Morgan fingerprint density at radius 1 is 1.15 bits per heavy atom. The van der Waals surface area contributed by atoms with Crippen molar-refractivity contribution in [1.29, 1.82) is 5.26 Å². The summed E-state index contributed by atoms with van der Waals surface area (Å²) in [6, 6.07) is 10.6. The molecule has 0 bridgehead atoms. The van der Waals surface area contributed by atoms with E-state index in [-0.39, 0.29) is 33.6 Å². The number of benzene rings is 3. The maximum absolute atomic E-state index is 13.8. The number of methoxy groups -OCH3 is 2. The maximum atomic E-state index is 13.8. The number of alkyl halides is 3. The van der Waals surface area contributed by atoms with Crippen LogP contribution in [0.15, 0.2) is 48.5 Å². The molecule has 0 spiro atoms. The molecule has 4 rings (SSSR count). The minimum Gasteiger partial charge on any atom is -0.497 e. The van der Waals surface area contributed by atoms with E-state index < -0.39 is 41.8 Å². The highest BCUT2D eigenvalue weighted by Gasteiger charge is 2.39. The molecule has 13 heteroatoms. The van der Waals surface area contributed by atoms with Gasteiger partial charge < -0.3 is 24.4 Å². The number of anilines is 1. The third kappa shape index (κ3) is 5.73. The smallest absolute Gasteiger partial charge is 0.417 e. The van der Waals surface area contributed by atoms with E-state index in [0.29, 0.717) is 23.1 Å². The predicted octanol–water partition coefficient (Wildman–Crippen LogP) is 6.00. The van der Waals surface area contributed by atoms with Crippen molar-refractivity contribution in [1.82, 2.24) is 4.90 Å². The fourth-order valence-corrected chi connectivity index (χ4v) is 4.61. The second-order valence-electron chi connectivity index (χ2n) is 8.53. The number of carbonyl (C=O) groups is 2. The first-order valence-corrected chi connectivity index (χ1v) is 12.3. The van der Waals surface area contributed by atoms with Crippen molar-refractivity contribution >= 4 is 40.7 Å². The number of nitriles is 1. The number of nitrogens with one attached hydrogen (secondary N) is 1. The molecule has 0 saturated carbocycles. The van der Waals surface area contributed by atoms with Crippen LogP contribution in [0.1, 0.15) is 28.3 Å². The van der Waals surface area contributed by atoms with Gasteiger partial charge in [0.25, 0.3) is 11.8 Å². The van der Waals surface area contributed by atoms with E-state index in [2.05, 4.69) is 5.32 Å². The van der Waals surface area contributed by atoms with Gasteiger partial charge in [0.05, 0.1) is 43.0 Å². The van der Waals surface area contributed by atoms with E-state index in [4.69, 9.17) is 42.7 Å². The number of nitrogens with zero attached hydrogens (tertiary/aromatic N) is 2. The van der Waals surface area contributed by atoms with Gasteiger partial charge in [-0.2, -0.15) is 18.4 Å². The average Bonchev–Trinajstić information content (AvgIpc) is 3.07. The number of carbonyl (C=O) groups excluding carboxylic acids is 2. The van der Waals surface area contributed by atoms with Gasteiger partial charge in [-0.25, -0.2) is 0 Å². The molecule has 8 nitrogen and oxygen atoms in total. The summed E-state index contributed by atoms with van der Waals surface area (Å²) < 4.78 is 56.9. The zero-order chi connectivity index (χ0) is 29.2. The number of hydrogen-bond donors (Lipinski definition) is 1. The predicted molar refractivity (Wildman–Crippen MR) is 140 cm³/mol. The summed E-state index contributed by atoms with van der Waals surface area (Å²) in [5.74, 6) is -0.620. The lowest BCUT2D eigenvalue weighted by atomic mass is 10.0. The van der Waals surface area contributed by atoms with Crippen molar-refractivity contribution in [2.45, 2.75) is 18.8 Å². The lowest BCUT2D eigenvalue weighted by Gasteiger charge is -2.30. The first kappa shape index (κ1) is 28.9. The van der Waals surface area contributed by atoms with Crippen LogP contribution in [0.2, 0.25) is 10.0 Å². The van der Waals surface area contributed by atoms with Gasteiger partial charge in [0.2, 0.25) is 0 Å². The zero-order valence-corrected chi connectivity index (χ0v) is 22.4. The number of rotatable bonds is 6. The summed E-state index contributed by atoms with van der Waals surface area (Å²) in [5.41, 5.74) is -1.39. The molecule has 1 aliphatic heterocycles. The topological polar surface area (TPSA) is 101 Å². The SMILES string of the molecule is COc1ccc(CN2C(=O)COc3c(ccc(Cl)c3Cl)C2C(=O)Nc2ccc(C#N)c(C(F)(F)F)c2)c(OC)c1. The molecule has 0 aromatic heterocycles. The van der Waals surface area contributed by atoms with Crippen LogP contribution >= 0.6 is 23.2 Å². The number of halogens is 5. The summed E-state index contributed by atoms with van der Waals surface area (Å²) in [4.78, 5) is 28.3. The molecular formula is C27H20Cl2F3N3O5. The summed E-state index contributed by atoms with van der Waals surface area (Å²) in [6.45, 7) is -0.640. The van der Waals surface area contributed by atoms with E-state index in [1.807, 2.05) is 0 Å². The Bertz CT molecular complexity index is 1520. The largest absolute Gasteiger partial charge is 0.497 e. The van der Waals surface area contributed by atoms with Crippen LogP contribution in [-0.2, 0) is 22.3 Å². The number of amides is 2. The Morgan fingerprint density at radius 3 is 2.55 bits per heavy atom. The van der Waals surface area contributed by atoms with E-state index >= 15 is 0 Å². The van der Waals surface area contributed by atoms with Crippen molar-refractivity contribution in [2.24, 2.45) is 0 Å². The average molecular weight is 594 g/mol. The molecule has 0 aliphatic carbocycles. The molecule has 1 atom stereocenters. The minimum absolute atomic E-state index is 0.0114. The second kappa shape index (κ2) is 11.5. The second-order valence-corrected chi connectivity index (χ2v) is 9.31. The highest BCUT2D eigenvalue weighted by Crippen LogP contribution is 2.43. The fraction of sp³-hybridized carbons (Fsp3) is 0.222. The molecule has 3 aromatic rings. The lowest BCUT2D eigenvalue weighted by molar-refractivity contribution is -0.140. The Labute approximate surface area is 236 Å². The third-order valence-electron chi connectivity index (χ3n) is 6.14. The minimum atomic E-state index is -4.84. The lowest BCUT2D eigenvalue weighted by Crippen LogP contribution is -2.41. The maximum Gasteiger partial charge on any atom is 0.417 e. The molecule has 1 aliphatic rings. The van der Waals surface area contributed by atoms with Crippen LogP contribution in [0.25, 0.3) is 0 Å². The highest BCUT2D eigenvalue weighted by molar-refractivity contribution is 6.43. The van der Waals surface area contributed by atoms with E-state index in [1.165, 1.54) is 37.3 Å². The summed E-state index contributed by atoms with van der Waals surface area (Å²) >= 11 is 12.5. The molecule has 1 unspecified atom stereocenters. The number of ether oxygens (including phenoxy) is 3. The van der Waals surface area contributed by atoms with Crippen molar-refractivity contribution in [3.63, 3.8) is 0 Å². The third-order valence-corrected chi connectivity index (χ3v) is 6.93. The molecule has 208 valence electrons. The Balaban J connectivity index is 1.81. The van der Waals surface area contributed by atoms with Gasteiger partial charge in [-0.3, -0.25) is 9.59 Å². The van der Waals surface area contributed by atoms with Crippen molar-refractivity contribution in [3.05, 3.63) is 80.8 Å². The zero-order valence-electron chi connectivity index (χ0n) is 20.9. The highest BCUT2D eigenvalue weighted by atomic mass is 35.5. The van der Waals surface area contributed by atoms with Gasteiger partial charge in [0.1, 0.15) is 28.3 Å². The van der Waals surface area contributed by atoms with Crippen LogP contribution in [0.3, 0.4) is 0 Å². The molecule has 3 aromatic carbocycles. The molecule has 1 N–H and O–H groups in total. The Morgan fingerprint density at radius 2 is 1.90 bits per heavy atom. The van der Waals surface area contributed by atoms with Crippen molar-refractivity contribution < 1.29 is 37.0 Å².